The van der Waals surface area contributed by atoms with E-state index in [1.807, 2.05) is 0 Å². The maximum Gasteiger partial charge on any atom is 0.322 e. The molecule has 2 N–H and O–H groups in total. The molecule has 4 nitrogen and oxygen atoms in total. The number of carboxylic acid groups (broad SMARTS) is 1. The highest BCUT2D eigenvalue weighted by Crippen LogP contribution is 2.47. The van der Waals surface area contributed by atoms with Crippen molar-refractivity contribution in [2.24, 2.45) is 5.92 Å². The molecule has 0 aromatic heterocycles. The molecule has 0 bridgehead atoms. The van der Waals surface area contributed by atoms with Crippen LogP contribution in [0.5, 0.6) is 0 Å². The summed E-state index contributed by atoms with van der Waals surface area (Å²) < 4.78 is 0. The normalized spacial score (nSPS) is 21.2. The smallest absolute Gasteiger partial charge is 0.322 e. The minimum Gasteiger partial charge on any atom is -0.480 e. The molecule has 2 rings (SSSR count). The van der Waals surface area contributed by atoms with E-state index in [1.165, 1.54) is 11.1 Å². The van der Waals surface area contributed by atoms with Crippen molar-refractivity contribution in [1.82, 2.24) is 5.32 Å². The molecule has 0 saturated heterocycles. The Hall–Kier alpha value is -1.84. The standard InChI is InChI=1S/C15H19NO3/c1-9(2)10-3-5-11(6-4-10)12-7-13(12)15(19)16-8-14(17)18/h3-6,9,12-13H,7-8H2,1-2H3,(H,16,19)(H,17,18)/t12-,13-/m0/s1. The van der Waals surface area contributed by atoms with Crippen molar-refractivity contribution in [2.75, 3.05) is 6.54 Å². The Morgan fingerprint density at radius 3 is 2.47 bits per heavy atom. The van der Waals surface area contributed by atoms with Gasteiger partial charge in [0.25, 0.3) is 0 Å². The molecular formula is C15H19NO3. The monoisotopic (exact) mass is 261 g/mol. The van der Waals surface area contributed by atoms with Crippen LogP contribution in [0.3, 0.4) is 0 Å². The van der Waals surface area contributed by atoms with Gasteiger partial charge in [-0.2, -0.15) is 0 Å². The summed E-state index contributed by atoms with van der Waals surface area (Å²) in [6.45, 7) is 4.00. The number of rotatable bonds is 5. The fourth-order valence-corrected chi connectivity index (χ4v) is 2.28. The van der Waals surface area contributed by atoms with Crippen LogP contribution in [0.15, 0.2) is 24.3 Å². The van der Waals surface area contributed by atoms with E-state index in [1.54, 1.807) is 0 Å². The molecule has 1 amide bonds. The second-order valence-corrected chi connectivity index (χ2v) is 5.38. The lowest BCUT2D eigenvalue weighted by atomic mass is 10.00. The van der Waals surface area contributed by atoms with Crippen molar-refractivity contribution in [3.8, 4) is 0 Å². The third-order valence-electron chi connectivity index (χ3n) is 3.57. The first kappa shape index (κ1) is 13.6. The number of benzene rings is 1. The van der Waals surface area contributed by atoms with Gasteiger partial charge in [-0.25, -0.2) is 0 Å². The maximum atomic E-state index is 11.7. The highest BCUT2D eigenvalue weighted by molar-refractivity contribution is 5.85. The highest BCUT2D eigenvalue weighted by Gasteiger charge is 2.43. The summed E-state index contributed by atoms with van der Waals surface area (Å²) in [7, 11) is 0. The third-order valence-corrected chi connectivity index (χ3v) is 3.57. The number of carbonyl (C=O) groups excluding carboxylic acids is 1. The second-order valence-electron chi connectivity index (χ2n) is 5.38. The number of amides is 1. The van der Waals surface area contributed by atoms with Gasteiger partial charge in [0.15, 0.2) is 0 Å². The van der Waals surface area contributed by atoms with Crippen LogP contribution in [0.4, 0.5) is 0 Å². The minimum atomic E-state index is -1.01. The molecular weight excluding hydrogens is 242 g/mol. The summed E-state index contributed by atoms with van der Waals surface area (Å²) in [6, 6.07) is 8.35. The number of hydrogen-bond donors (Lipinski definition) is 2. The SMILES string of the molecule is CC(C)c1ccc([C@@H]2C[C@@H]2C(=O)NCC(=O)O)cc1. The first-order chi connectivity index (χ1) is 8.99. The maximum absolute atomic E-state index is 11.7. The van der Waals surface area contributed by atoms with Gasteiger partial charge < -0.3 is 10.4 Å². The fraction of sp³-hybridized carbons (Fsp3) is 0.467. The summed E-state index contributed by atoms with van der Waals surface area (Å²) in [4.78, 5) is 22.1. The zero-order chi connectivity index (χ0) is 14.0. The van der Waals surface area contributed by atoms with E-state index in [4.69, 9.17) is 5.11 Å². The van der Waals surface area contributed by atoms with Crippen molar-refractivity contribution in [1.29, 1.82) is 0 Å². The Morgan fingerprint density at radius 1 is 1.32 bits per heavy atom. The molecule has 1 aliphatic rings. The summed E-state index contributed by atoms with van der Waals surface area (Å²) in [5, 5.41) is 11.0. The molecule has 1 saturated carbocycles. The number of carbonyl (C=O) groups is 2. The first-order valence-corrected chi connectivity index (χ1v) is 6.58. The van der Waals surface area contributed by atoms with Crippen molar-refractivity contribution in [3.63, 3.8) is 0 Å². The predicted octanol–water partition coefficient (Wildman–Crippen LogP) is 2.11. The van der Waals surface area contributed by atoms with Gasteiger partial charge in [-0.15, -0.1) is 0 Å². The largest absolute Gasteiger partial charge is 0.480 e. The lowest BCUT2D eigenvalue weighted by Gasteiger charge is -2.06. The number of nitrogens with one attached hydrogen (secondary N) is 1. The molecule has 102 valence electrons. The van der Waals surface area contributed by atoms with Gasteiger partial charge in [0, 0.05) is 5.92 Å². The Labute approximate surface area is 112 Å². The van der Waals surface area contributed by atoms with Crippen LogP contribution >= 0.6 is 0 Å². The summed E-state index contributed by atoms with van der Waals surface area (Å²) >= 11 is 0. The molecule has 0 aliphatic heterocycles. The van der Waals surface area contributed by atoms with Gasteiger partial charge in [-0.05, 0) is 29.4 Å². The van der Waals surface area contributed by atoms with Crippen molar-refractivity contribution >= 4 is 11.9 Å². The van der Waals surface area contributed by atoms with Crippen LogP contribution in [0.25, 0.3) is 0 Å². The minimum absolute atomic E-state index is 0.0655. The van der Waals surface area contributed by atoms with E-state index < -0.39 is 5.97 Å². The van der Waals surface area contributed by atoms with Gasteiger partial charge in [0.05, 0.1) is 0 Å². The lowest BCUT2D eigenvalue weighted by Crippen LogP contribution is -2.30. The second kappa shape index (κ2) is 5.43. The summed E-state index contributed by atoms with van der Waals surface area (Å²) in [5.41, 5.74) is 2.45. The molecule has 0 spiro atoms. The Balaban J connectivity index is 1.91. The Kier molecular flexibility index (Phi) is 3.88. The molecule has 0 unspecified atom stereocenters. The zero-order valence-electron chi connectivity index (χ0n) is 11.2. The lowest BCUT2D eigenvalue weighted by molar-refractivity contribution is -0.138. The van der Waals surface area contributed by atoms with Gasteiger partial charge in [-0.1, -0.05) is 38.1 Å². The van der Waals surface area contributed by atoms with Crippen LogP contribution in [0.1, 0.15) is 43.2 Å². The summed E-state index contributed by atoms with van der Waals surface area (Å²) in [5.74, 6) is -0.477. The number of hydrogen-bond acceptors (Lipinski definition) is 2. The van der Waals surface area contributed by atoms with E-state index in [0.29, 0.717) is 5.92 Å². The van der Waals surface area contributed by atoms with E-state index >= 15 is 0 Å². The fourth-order valence-electron chi connectivity index (χ4n) is 2.28. The third kappa shape index (κ3) is 3.34. The number of carboxylic acids is 1. The van der Waals surface area contributed by atoms with E-state index in [0.717, 1.165) is 6.42 Å². The average molecular weight is 261 g/mol. The van der Waals surface area contributed by atoms with E-state index in [9.17, 15) is 9.59 Å². The van der Waals surface area contributed by atoms with Crippen LogP contribution in [0.2, 0.25) is 0 Å². The first-order valence-electron chi connectivity index (χ1n) is 6.58. The molecule has 1 fully saturated rings. The zero-order valence-corrected chi connectivity index (χ0v) is 11.2. The topological polar surface area (TPSA) is 66.4 Å². The molecule has 0 heterocycles. The van der Waals surface area contributed by atoms with Crippen LogP contribution in [-0.2, 0) is 9.59 Å². The average Bonchev–Trinajstić information content (AvgIpc) is 3.16. The van der Waals surface area contributed by atoms with E-state index in [-0.39, 0.29) is 24.3 Å². The quantitative estimate of drug-likeness (QED) is 0.853. The van der Waals surface area contributed by atoms with Crippen LogP contribution in [0, 0.1) is 5.92 Å². The van der Waals surface area contributed by atoms with E-state index in [2.05, 4.69) is 43.4 Å². The highest BCUT2D eigenvalue weighted by atomic mass is 16.4. The van der Waals surface area contributed by atoms with Gasteiger partial charge in [0.1, 0.15) is 6.54 Å². The van der Waals surface area contributed by atoms with Crippen molar-refractivity contribution < 1.29 is 14.7 Å². The molecule has 19 heavy (non-hydrogen) atoms. The molecule has 2 atom stereocenters. The van der Waals surface area contributed by atoms with Crippen molar-refractivity contribution in [2.45, 2.75) is 32.1 Å². The molecule has 1 aromatic rings. The molecule has 1 aliphatic carbocycles. The van der Waals surface area contributed by atoms with Crippen molar-refractivity contribution in [3.05, 3.63) is 35.4 Å². The molecule has 4 heteroatoms. The predicted molar refractivity (Wildman–Crippen MR) is 72.0 cm³/mol. The van der Waals surface area contributed by atoms with Gasteiger partial charge in [-0.3, -0.25) is 9.59 Å². The van der Waals surface area contributed by atoms with Gasteiger partial charge in [0.2, 0.25) is 5.91 Å². The van der Waals surface area contributed by atoms with Crippen LogP contribution in [-0.4, -0.2) is 23.5 Å². The Bertz CT molecular complexity index is 479. The molecule has 0 radical (unpaired) electrons. The van der Waals surface area contributed by atoms with Gasteiger partial charge >= 0.3 is 5.97 Å². The van der Waals surface area contributed by atoms with Crippen LogP contribution < -0.4 is 5.32 Å². The number of aliphatic carboxylic acids is 1. The Morgan fingerprint density at radius 2 is 1.95 bits per heavy atom. The molecule has 1 aromatic carbocycles. The summed E-state index contributed by atoms with van der Waals surface area (Å²) in [6.07, 6.45) is 0.812.